The van der Waals surface area contributed by atoms with Gasteiger partial charge in [0.2, 0.25) is 10.0 Å². The minimum absolute atomic E-state index is 0.0651. The van der Waals surface area contributed by atoms with Gasteiger partial charge in [0.1, 0.15) is 10.6 Å². The highest BCUT2D eigenvalue weighted by Gasteiger charge is 2.30. The molecule has 0 saturated carbocycles. The first-order chi connectivity index (χ1) is 15.9. The van der Waals surface area contributed by atoms with Crippen molar-refractivity contribution >= 4 is 33.2 Å². The van der Waals surface area contributed by atoms with E-state index in [4.69, 9.17) is 16.3 Å². The molecule has 7 nitrogen and oxygen atoms in total. The Morgan fingerprint density at radius 1 is 0.909 bits per heavy atom. The molecule has 178 valence electrons. The van der Waals surface area contributed by atoms with E-state index in [1.54, 1.807) is 17.0 Å². The second-order valence-corrected chi connectivity index (χ2v) is 10.8. The zero-order chi connectivity index (χ0) is 23.4. The molecule has 4 rings (SSSR count). The van der Waals surface area contributed by atoms with Crippen molar-refractivity contribution in [1.82, 2.24) is 9.21 Å². The molecule has 0 spiro atoms. The molecule has 0 aliphatic carbocycles. The maximum atomic E-state index is 13.4. The number of carbonyl (C=O) groups excluding carboxylic acids is 1. The van der Waals surface area contributed by atoms with E-state index in [0.29, 0.717) is 49.9 Å². The highest BCUT2D eigenvalue weighted by molar-refractivity contribution is 7.89. The van der Waals surface area contributed by atoms with Crippen molar-refractivity contribution in [1.29, 1.82) is 0 Å². The Morgan fingerprint density at radius 2 is 1.61 bits per heavy atom. The van der Waals surface area contributed by atoms with Crippen molar-refractivity contribution in [3.05, 3.63) is 53.1 Å². The number of sulfonamides is 1. The van der Waals surface area contributed by atoms with Crippen LogP contribution in [0, 0.1) is 0 Å². The highest BCUT2D eigenvalue weighted by atomic mass is 35.5. The lowest BCUT2D eigenvalue weighted by Crippen LogP contribution is -2.48. The number of halogens is 1. The van der Waals surface area contributed by atoms with E-state index in [1.807, 2.05) is 24.3 Å². The number of piperazine rings is 1. The van der Waals surface area contributed by atoms with Crippen LogP contribution in [0.2, 0.25) is 5.02 Å². The van der Waals surface area contributed by atoms with Crippen LogP contribution in [-0.2, 0) is 10.0 Å². The molecule has 2 fully saturated rings. The summed E-state index contributed by atoms with van der Waals surface area (Å²) in [4.78, 5) is 17.3. The number of benzene rings is 2. The average Bonchev–Trinajstić information content (AvgIpc) is 3.14. The smallest absolute Gasteiger partial charge is 0.254 e. The summed E-state index contributed by atoms with van der Waals surface area (Å²) in [5.74, 6) is 0.0947. The molecule has 0 atom stereocenters. The number of hydrogen-bond donors (Lipinski definition) is 0. The zero-order valence-corrected chi connectivity index (χ0v) is 20.4. The largest absolute Gasteiger partial charge is 0.495 e. The first-order valence-electron chi connectivity index (χ1n) is 11.4. The summed E-state index contributed by atoms with van der Waals surface area (Å²) in [5, 5.41) is 0.683. The lowest BCUT2D eigenvalue weighted by molar-refractivity contribution is 0.0746. The van der Waals surface area contributed by atoms with Gasteiger partial charge in [0.25, 0.3) is 5.91 Å². The van der Waals surface area contributed by atoms with Gasteiger partial charge >= 0.3 is 0 Å². The van der Waals surface area contributed by atoms with Crippen LogP contribution < -0.4 is 9.64 Å². The standard InChI is InChI=1S/C24H30ClN3O4S/c1-32-22-10-9-19(17-23(22)33(30,31)28-11-4-2-3-5-12-28)24(29)27-15-13-26(14-16-27)21-8-6-7-20(25)18-21/h6-10,17-18H,2-5,11-16H2,1H3. The number of ether oxygens (including phenoxy) is 1. The molecule has 2 aliphatic rings. The van der Waals surface area contributed by atoms with E-state index >= 15 is 0 Å². The van der Waals surface area contributed by atoms with Gasteiger partial charge in [-0.2, -0.15) is 4.31 Å². The number of anilines is 1. The average molecular weight is 492 g/mol. The Kier molecular flexibility index (Phi) is 7.46. The van der Waals surface area contributed by atoms with E-state index in [0.717, 1.165) is 31.4 Å². The van der Waals surface area contributed by atoms with Crippen LogP contribution in [0.4, 0.5) is 5.69 Å². The van der Waals surface area contributed by atoms with Gasteiger partial charge in [-0.3, -0.25) is 4.79 Å². The maximum absolute atomic E-state index is 13.4. The molecule has 2 heterocycles. The summed E-state index contributed by atoms with van der Waals surface area (Å²) in [6, 6.07) is 12.4. The van der Waals surface area contributed by atoms with Gasteiger partial charge in [-0.05, 0) is 49.2 Å². The van der Waals surface area contributed by atoms with Gasteiger partial charge in [-0.25, -0.2) is 8.42 Å². The van der Waals surface area contributed by atoms with E-state index in [2.05, 4.69) is 4.90 Å². The predicted octanol–water partition coefficient (Wildman–Crippen LogP) is 3.88. The normalized spacial score (nSPS) is 18.1. The molecule has 2 aromatic carbocycles. The van der Waals surface area contributed by atoms with E-state index in [-0.39, 0.29) is 16.6 Å². The van der Waals surface area contributed by atoms with Crippen molar-refractivity contribution in [2.45, 2.75) is 30.6 Å². The minimum atomic E-state index is -3.75. The lowest BCUT2D eigenvalue weighted by atomic mass is 10.1. The highest BCUT2D eigenvalue weighted by Crippen LogP contribution is 2.30. The van der Waals surface area contributed by atoms with Gasteiger partial charge in [0, 0.05) is 55.5 Å². The molecule has 9 heteroatoms. The summed E-state index contributed by atoms with van der Waals surface area (Å²) >= 11 is 6.11. The SMILES string of the molecule is COc1ccc(C(=O)N2CCN(c3cccc(Cl)c3)CC2)cc1S(=O)(=O)N1CCCCCC1. The maximum Gasteiger partial charge on any atom is 0.254 e. The summed E-state index contributed by atoms with van der Waals surface area (Å²) in [7, 11) is -2.30. The number of methoxy groups -OCH3 is 1. The molecule has 1 amide bonds. The fraction of sp³-hybridized carbons (Fsp3) is 0.458. The summed E-state index contributed by atoms with van der Waals surface area (Å²) in [6.07, 6.45) is 3.75. The third kappa shape index (κ3) is 5.28. The van der Waals surface area contributed by atoms with E-state index in [9.17, 15) is 13.2 Å². The van der Waals surface area contributed by atoms with E-state index in [1.165, 1.54) is 17.5 Å². The molecule has 0 bridgehead atoms. The molecular formula is C24H30ClN3O4S. The third-order valence-corrected chi connectivity index (χ3v) is 8.49. The molecule has 33 heavy (non-hydrogen) atoms. The molecule has 0 unspecified atom stereocenters. The Labute approximate surface area is 200 Å². The van der Waals surface area contributed by atoms with Crippen molar-refractivity contribution in [2.75, 3.05) is 51.3 Å². The van der Waals surface area contributed by atoms with Gasteiger partial charge in [0.15, 0.2) is 0 Å². The van der Waals surface area contributed by atoms with Crippen molar-refractivity contribution in [3.63, 3.8) is 0 Å². The topological polar surface area (TPSA) is 70.2 Å². The zero-order valence-electron chi connectivity index (χ0n) is 18.9. The van der Waals surface area contributed by atoms with Crippen LogP contribution in [0.1, 0.15) is 36.0 Å². The molecule has 0 radical (unpaired) electrons. The predicted molar refractivity (Wildman–Crippen MR) is 130 cm³/mol. The van der Waals surface area contributed by atoms with Crippen LogP contribution in [0.3, 0.4) is 0 Å². The molecule has 2 aliphatic heterocycles. The monoisotopic (exact) mass is 491 g/mol. The summed E-state index contributed by atoms with van der Waals surface area (Å²) in [5.41, 5.74) is 1.39. The third-order valence-electron chi connectivity index (χ3n) is 6.33. The number of rotatable bonds is 5. The second-order valence-electron chi connectivity index (χ2n) is 8.44. The Bertz CT molecular complexity index is 1090. The Hall–Kier alpha value is -2.29. The van der Waals surface area contributed by atoms with Crippen LogP contribution >= 0.6 is 11.6 Å². The first-order valence-corrected chi connectivity index (χ1v) is 13.2. The van der Waals surface area contributed by atoms with Gasteiger partial charge in [-0.1, -0.05) is 30.5 Å². The summed E-state index contributed by atoms with van der Waals surface area (Å²) in [6.45, 7) is 3.45. The fourth-order valence-electron chi connectivity index (χ4n) is 4.46. The number of nitrogens with zero attached hydrogens (tertiary/aromatic N) is 3. The number of carbonyl (C=O) groups is 1. The summed E-state index contributed by atoms with van der Waals surface area (Å²) < 4.78 is 33.7. The van der Waals surface area contributed by atoms with Crippen LogP contribution in [-0.4, -0.2) is 69.9 Å². The molecule has 2 aromatic rings. The minimum Gasteiger partial charge on any atom is -0.495 e. The molecule has 2 saturated heterocycles. The van der Waals surface area contributed by atoms with Gasteiger partial charge in [-0.15, -0.1) is 0 Å². The van der Waals surface area contributed by atoms with Gasteiger partial charge in [0.05, 0.1) is 7.11 Å². The van der Waals surface area contributed by atoms with Crippen molar-refractivity contribution in [2.24, 2.45) is 0 Å². The van der Waals surface area contributed by atoms with Crippen LogP contribution in [0.25, 0.3) is 0 Å². The van der Waals surface area contributed by atoms with Crippen LogP contribution in [0.5, 0.6) is 5.75 Å². The fourth-order valence-corrected chi connectivity index (χ4v) is 6.34. The first kappa shape index (κ1) is 23.9. The van der Waals surface area contributed by atoms with Crippen LogP contribution in [0.15, 0.2) is 47.4 Å². The molecule has 0 N–H and O–H groups in total. The van der Waals surface area contributed by atoms with Gasteiger partial charge < -0.3 is 14.5 Å². The Balaban J connectivity index is 1.52. The molecule has 0 aromatic heterocycles. The number of amides is 1. The quantitative estimate of drug-likeness (QED) is 0.635. The van der Waals surface area contributed by atoms with Crippen molar-refractivity contribution in [3.8, 4) is 5.75 Å². The lowest BCUT2D eigenvalue weighted by Gasteiger charge is -2.36. The van der Waals surface area contributed by atoms with E-state index < -0.39 is 10.0 Å². The number of hydrogen-bond acceptors (Lipinski definition) is 5. The molecular weight excluding hydrogens is 462 g/mol. The Morgan fingerprint density at radius 3 is 2.24 bits per heavy atom. The second kappa shape index (κ2) is 10.3. The van der Waals surface area contributed by atoms with Crippen molar-refractivity contribution < 1.29 is 17.9 Å².